The van der Waals surface area contributed by atoms with E-state index in [1.54, 1.807) is 0 Å². The summed E-state index contributed by atoms with van der Waals surface area (Å²) in [7, 11) is 0. The first-order valence-electron chi connectivity index (χ1n) is 5.67. The molecular formula is C11H12BF4KO2. The van der Waals surface area contributed by atoms with Crippen LogP contribution in [0.15, 0.2) is 18.2 Å². The summed E-state index contributed by atoms with van der Waals surface area (Å²) in [5.41, 5.74) is -0.881. The van der Waals surface area contributed by atoms with E-state index >= 15 is 0 Å². The summed E-state index contributed by atoms with van der Waals surface area (Å²) in [6.07, 6.45) is 2.20. The number of halogens is 4. The van der Waals surface area contributed by atoms with Crippen LogP contribution in [0, 0.1) is 11.7 Å². The van der Waals surface area contributed by atoms with Crippen molar-refractivity contribution >= 4 is 12.4 Å². The largest absolute Gasteiger partial charge is 1.00 e. The van der Waals surface area contributed by atoms with E-state index in [1.807, 2.05) is 0 Å². The smallest absolute Gasteiger partial charge is 0.465 e. The second kappa shape index (κ2) is 7.42. The van der Waals surface area contributed by atoms with Crippen LogP contribution in [0.25, 0.3) is 0 Å². The van der Waals surface area contributed by atoms with E-state index in [2.05, 4.69) is 0 Å². The molecule has 0 bridgehead atoms. The Morgan fingerprint density at radius 1 is 1.21 bits per heavy atom. The third kappa shape index (κ3) is 5.73. The summed E-state index contributed by atoms with van der Waals surface area (Å²) in [5.74, 6) is -0.736. The normalized spacial score (nSPS) is 14.9. The fraction of sp³-hybridized carbons (Fsp3) is 0.455. The predicted octanol–water partition coefficient (Wildman–Crippen LogP) is -0.353. The van der Waals surface area contributed by atoms with Crippen LogP contribution in [-0.4, -0.2) is 20.4 Å². The quantitative estimate of drug-likeness (QED) is 0.309. The van der Waals surface area contributed by atoms with Crippen LogP contribution in [0.2, 0.25) is 0 Å². The molecule has 0 heterocycles. The number of rotatable bonds is 6. The van der Waals surface area contributed by atoms with Gasteiger partial charge in [-0.25, -0.2) is 4.39 Å². The zero-order valence-corrected chi connectivity index (χ0v) is 13.7. The van der Waals surface area contributed by atoms with Gasteiger partial charge in [0.2, 0.25) is 0 Å². The average Bonchev–Trinajstić information content (AvgIpc) is 3.09. The average molecular weight is 302 g/mol. The minimum absolute atomic E-state index is 0. The second-order valence-electron chi connectivity index (χ2n) is 4.34. The van der Waals surface area contributed by atoms with Gasteiger partial charge in [-0.05, 0) is 30.9 Å². The predicted molar refractivity (Wildman–Crippen MR) is 59.3 cm³/mol. The summed E-state index contributed by atoms with van der Waals surface area (Å²) < 4.78 is 60.5. The summed E-state index contributed by atoms with van der Waals surface area (Å²) in [4.78, 5) is 0. The van der Waals surface area contributed by atoms with Crippen LogP contribution in [0.1, 0.15) is 12.8 Å². The number of hydrogen-bond acceptors (Lipinski definition) is 2. The first-order valence-corrected chi connectivity index (χ1v) is 5.67. The summed E-state index contributed by atoms with van der Waals surface area (Å²) in [5, 5.41) is 0. The molecule has 0 aliphatic heterocycles. The third-order valence-electron chi connectivity index (χ3n) is 2.68. The van der Waals surface area contributed by atoms with Crippen molar-refractivity contribution in [3.05, 3.63) is 24.0 Å². The molecule has 2 rings (SSSR count). The summed E-state index contributed by atoms with van der Waals surface area (Å²) in [6.45, 7) is -4.88. The van der Waals surface area contributed by atoms with Gasteiger partial charge in [0.15, 0.2) is 18.4 Å². The molecule has 0 amide bonds. The molecule has 0 saturated heterocycles. The van der Waals surface area contributed by atoms with Gasteiger partial charge in [-0.15, -0.1) is 5.46 Å². The summed E-state index contributed by atoms with van der Waals surface area (Å²) >= 11 is 0. The maximum absolute atomic E-state index is 13.2. The monoisotopic (exact) mass is 302 g/mol. The van der Waals surface area contributed by atoms with Crippen LogP contribution in [0.3, 0.4) is 0 Å². The van der Waals surface area contributed by atoms with Gasteiger partial charge in [0, 0.05) is 0 Å². The van der Waals surface area contributed by atoms with Gasteiger partial charge in [-0.1, -0.05) is 6.07 Å². The van der Waals surface area contributed by atoms with Crippen molar-refractivity contribution in [2.24, 2.45) is 5.92 Å². The van der Waals surface area contributed by atoms with E-state index < -0.39 is 24.0 Å². The standard InChI is InChI=1S/C11H12BF4O2.K/c13-10-4-3-9(12(14,15)16)5-11(10)18-7-17-6-8-1-2-8;/h3-5,8H,1-2,6-7H2;/q-1;+1. The van der Waals surface area contributed by atoms with Crippen molar-refractivity contribution in [2.45, 2.75) is 12.8 Å². The van der Waals surface area contributed by atoms with Crippen LogP contribution in [0.4, 0.5) is 17.3 Å². The minimum atomic E-state index is -5.15. The Labute approximate surface area is 151 Å². The Morgan fingerprint density at radius 3 is 2.47 bits per heavy atom. The van der Waals surface area contributed by atoms with Crippen LogP contribution in [0.5, 0.6) is 5.75 Å². The molecular weight excluding hydrogens is 290 g/mol. The summed E-state index contributed by atoms with van der Waals surface area (Å²) in [6, 6.07) is 2.11. The van der Waals surface area contributed by atoms with Gasteiger partial charge >= 0.3 is 58.4 Å². The molecule has 0 unspecified atom stereocenters. The van der Waals surface area contributed by atoms with E-state index in [-0.39, 0.29) is 58.2 Å². The molecule has 1 saturated carbocycles. The third-order valence-corrected chi connectivity index (χ3v) is 2.68. The molecule has 2 nitrogen and oxygen atoms in total. The Morgan fingerprint density at radius 2 is 1.89 bits per heavy atom. The van der Waals surface area contributed by atoms with Gasteiger partial charge in [0.25, 0.3) is 0 Å². The topological polar surface area (TPSA) is 18.5 Å². The van der Waals surface area contributed by atoms with E-state index in [9.17, 15) is 17.3 Å². The van der Waals surface area contributed by atoms with Crippen molar-refractivity contribution in [3.8, 4) is 5.75 Å². The Bertz CT molecular complexity index is 424. The molecule has 1 fully saturated rings. The molecule has 19 heavy (non-hydrogen) atoms. The molecule has 1 aliphatic rings. The van der Waals surface area contributed by atoms with Crippen LogP contribution in [-0.2, 0) is 4.74 Å². The Kier molecular flexibility index (Phi) is 6.82. The van der Waals surface area contributed by atoms with Gasteiger partial charge < -0.3 is 22.4 Å². The zero-order valence-electron chi connectivity index (χ0n) is 10.5. The van der Waals surface area contributed by atoms with Crippen molar-refractivity contribution in [3.63, 3.8) is 0 Å². The molecule has 0 atom stereocenters. The molecule has 1 aromatic carbocycles. The molecule has 0 aromatic heterocycles. The van der Waals surface area contributed by atoms with Gasteiger partial charge in [-0.2, -0.15) is 0 Å². The van der Waals surface area contributed by atoms with Crippen LogP contribution >= 0.6 is 0 Å². The van der Waals surface area contributed by atoms with Gasteiger partial charge in [0.1, 0.15) is 0 Å². The van der Waals surface area contributed by atoms with E-state index in [0.29, 0.717) is 24.7 Å². The van der Waals surface area contributed by atoms with Gasteiger partial charge in [-0.3, -0.25) is 0 Å². The maximum atomic E-state index is 13.2. The van der Waals surface area contributed by atoms with Crippen molar-refractivity contribution in [1.29, 1.82) is 0 Å². The molecule has 100 valence electrons. The molecule has 0 radical (unpaired) electrons. The van der Waals surface area contributed by atoms with Crippen molar-refractivity contribution < 1.29 is 78.2 Å². The zero-order chi connectivity index (χ0) is 13.2. The fourth-order valence-corrected chi connectivity index (χ4v) is 1.44. The number of hydrogen-bond donors (Lipinski definition) is 0. The molecule has 8 heteroatoms. The van der Waals surface area contributed by atoms with Crippen molar-refractivity contribution in [2.75, 3.05) is 13.4 Å². The van der Waals surface area contributed by atoms with E-state index in [4.69, 9.17) is 9.47 Å². The SMILES string of the molecule is Fc1ccc([B-](F)(F)F)cc1OCOCC1CC1.[K+]. The second-order valence-corrected chi connectivity index (χ2v) is 4.34. The van der Waals surface area contributed by atoms with E-state index in [1.165, 1.54) is 0 Å². The molecule has 0 N–H and O–H groups in total. The molecule has 1 aliphatic carbocycles. The van der Waals surface area contributed by atoms with E-state index in [0.717, 1.165) is 18.9 Å². The van der Waals surface area contributed by atoms with Crippen molar-refractivity contribution in [1.82, 2.24) is 0 Å². The minimum Gasteiger partial charge on any atom is -0.465 e. The first-order chi connectivity index (χ1) is 8.47. The van der Waals surface area contributed by atoms with Gasteiger partial charge in [0.05, 0.1) is 6.61 Å². The number of benzene rings is 1. The fourth-order valence-electron chi connectivity index (χ4n) is 1.44. The number of ether oxygens (including phenoxy) is 2. The van der Waals surface area contributed by atoms with Crippen LogP contribution < -0.4 is 61.6 Å². The maximum Gasteiger partial charge on any atom is 1.00 e. The molecule has 0 spiro atoms. The Balaban J connectivity index is 0.00000180. The first kappa shape index (κ1) is 17.5. The Hall–Kier alpha value is 0.401. The molecule has 1 aromatic rings.